The maximum Gasteiger partial charge on any atom is 0.238 e. The molecule has 0 spiro atoms. The van der Waals surface area contributed by atoms with Crippen molar-refractivity contribution in [2.75, 3.05) is 65.4 Å². The molecule has 7 heteroatoms. The zero-order chi connectivity index (χ0) is 20.1. The van der Waals surface area contributed by atoms with Crippen LogP contribution in [0.4, 0.5) is 5.69 Å². The van der Waals surface area contributed by atoms with Gasteiger partial charge in [-0.15, -0.1) is 0 Å². The predicted molar refractivity (Wildman–Crippen MR) is 110 cm³/mol. The lowest BCUT2D eigenvalue weighted by atomic mass is 10.0. The normalized spacial score (nSPS) is 18.1. The largest absolute Gasteiger partial charge is 0.497 e. The summed E-state index contributed by atoms with van der Waals surface area (Å²) in [6, 6.07) is 7.99. The van der Waals surface area contributed by atoms with Crippen molar-refractivity contribution in [1.82, 2.24) is 15.1 Å². The fourth-order valence-electron chi connectivity index (χ4n) is 3.69. The molecular formula is C21H32N4O3. The second-order valence-corrected chi connectivity index (χ2v) is 7.97. The molecule has 0 bridgehead atoms. The van der Waals surface area contributed by atoms with Crippen LogP contribution in [0, 0.1) is 5.41 Å². The topological polar surface area (TPSA) is 65.1 Å². The molecule has 1 aromatic carbocycles. The molecule has 1 aromatic rings. The number of hydrogen-bond acceptors (Lipinski definition) is 5. The highest BCUT2D eigenvalue weighted by Gasteiger charge is 2.58. The van der Waals surface area contributed by atoms with Crippen LogP contribution >= 0.6 is 0 Å². The molecule has 0 radical (unpaired) electrons. The Labute approximate surface area is 167 Å². The van der Waals surface area contributed by atoms with Crippen LogP contribution in [0.2, 0.25) is 0 Å². The third-order valence-electron chi connectivity index (χ3n) is 5.67. The van der Waals surface area contributed by atoms with E-state index in [1.165, 1.54) is 0 Å². The number of rotatable bonds is 8. The molecule has 0 unspecified atom stereocenters. The first-order valence-corrected chi connectivity index (χ1v) is 10.1. The monoisotopic (exact) mass is 388 g/mol. The van der Waals surface area contributed by atoms with Crippen molar-refractivity contribution in [3.05, 3.63) is 24.3 Å². The third kappa shape index (κ3) is 4.58. The van der Waals surface area contributed by atoms with E-state index >= 15 is 0 Å². The smallest absolute Gasteiger partial charge is 0.238 e. The van der Waals surface area contributed by atoms with Crippen LogP contribution in [0.1, 0.15) is 19.3 Å². The summed E-state index contributed by atoms with van der Waals surface area (Å²) in [6.45, 7) is 4.41. The van der Waals surface area contributed by atoms with Gasteiger partial charge >= 0.3 is 0 Å². The molecule has 1 saturated carbocycles. The van der Waals surface area contributed by atoms with E-state index in [1.54, 1.807) is 7.11 Å². The Morgan fingerprint density at radius 2 is 1.75 bits per heavy atom. The van der Waals surface area contributed by atoms with Crippen LogP contribution in [0.25, 0.3) is 0 Å². The van der Waals surface area contributed by atoms with Crippen molar-refractivity contribution in [1.29, 1.82) is 0 Å². The molecule has 1 heterocycles. The van der Waals surface area contributed by atoms with E-state index in [1.807, 2.05) is 43.3 Å². The van der Waals surface area contributed by atoms with Gasteiger partial charge < -0.3 is 24.8 Å². The van der Waals surface area contributed by atoms with Gasteiger partial charge in [0.05, 0.1) is 7.11 Å². The fraction of sp³-hybridized carbons (Fsp3) is 0.619. The molecule has 2 fully saturated rings. The first kappa shape index (κ1) is 20.5. The Hall–Kier alpha value is -2.28. The van der Waals surface area contributed by atoms with Crippen molar-refractivity contribution >= 4 is 17.5 Å². The quantitative estimate of drug-likeness (QED) is 0.535. The van der Waals surface area contributed by atoms with Crippen LogP contribution < -0.4 is 15.0 Å². The molecule has 2 aliphatic rings. The molecule has 1 saturated heterocycles. The van der Waals surface area contributed by atoms with Crippen molar-refractivity contribution < 1.29 is 14.3 Å². The Morgan fingerprint density at radius 3 is 2.29 bits per heavy atom. The molecule has 0 aromatic heterocycles. The zero-order valence-electron chi connectivity index (χ0n) is 17.2. The predicted octanol–water partition coefficient (Wildman–Crippen LogP) is 1.19. The van der Waals surface area contributed by atoms with Crippen LogP contribution in [-0.2, 0) is 9.59 Å². The number of anilines is 1. The van der Waals surface area contributed by atoms with Gasteiger partial charge in [0.15, 0.2) is 0 Å². The van der Waals surface area contributed by atoms with Gasteiger partial charge in [0.25, 0.3) is 0 Å². The van der Waals surface area contributed by atoms with Crippen molar-refractivity contribution in [2.24, 2.45) is 5.41 Å². The van der Waals surface area contributed by atoms with Gasteiger partial charge in [0.1, 0.15) is 11.2 Å². The number of hydrogen-bond donors (Lipinski definition) is 1. The first-order chi connectivity index (χ1) is 13.5. The Balaban J connectivity index is 1.49. The molecule has 0 atom stereocenters. The van der Waals surface area contributed by atoms with Gasteiger partial charge in [0.2, 0.25) is 11.8 Å². The zero-order valence-corrected chi connectivity index (χ0v) is 17.2. The molecule has 1 aliphatic carbocycles. The van der Waals surface area contributed by atoms with Gasteiger partial charge in [-0.25, -0.2) is 0 Å². The summed E-state index contributed by atoms with van der Waals surface area (Å²) in [6.07, 6.45) is 2.23. The fourth-order valence-corrected chi connectivity index (χ4v) is 3.69. The molecule has 1 N–H and O–H groups in total. The number of carbonyl (C=O) groups excluding carboxylic acids is 2. The van der Waals surface area contributed by atoms with Crippen molar-refractivity contribution in [3.8, 4) is 5.75 Å². The highest BCUT2D eigenvalue weighted by Crippen LogP contribution is 2.47. The maximum atomic E-state index is 13.0. The highest BCUT2D eigenvalue weighted by atomic mass is 16.5. The molecule has 3 rings (SSSR count). The van der Waals surface area contributed by atoms with E-state index < -0.39 is 5.41 Å². The molecule has 1 aliphatic heterocycles. The van der Waals surface area contributed by atoms with E-state index in [-0.39, 0.29) is 11.8 Å². The SMILES string of the molecule is COc1ccc(N2CCN(C(=O)C3(C(=O)NCCCN(C)C)CC3)CC2)cc1. The van der Waals surface area contributed by atoms with E-state index in [9.17, 15) is 9.59 Å². The summed E-state index contributed by atoms with van der Waals surface area (Å²) in [5.41, 5.74) is 0.327. The Kier molecular flexibility index (Phi) is 6.44. The molecule has 7 nitrogen and oxygen atoms in total. The van der Waals surface area contributed by atoms with Gasteiger partial charge in [-0.2, -0.15) is 0 Å². The Morgan fingerprint density at radius 1 is 1.11 bits per heavy atom. The Bertz CT molecular complexity index is 677. The number of ether oxygens (including phenoxy) is 1. The molecule has 28 heavy (non-hydrogen) atoms. The molecule has 2 amide bonds. The van der Waals surface area contributed by atoms with E-state index in [2.05, 4.69) is 15.1 Å². The number of nitrogens with one attached hydrogen (secondary N) is 1. The minimum Gasteiger partial charge on any atom is -0.497 e. The van der Waals surface area contributed by atoms with Gasteiger partial charge in [-0.3, -0.25) is 9.59 Å². The summed E-state index contributed by atoms with van der Waals surface area (Å²) < 4.78 is 5.21. The van der Waals surface area contributed by atoms with Crippen molar-refractivity contribution in [2.45, 2.75) is 19.3 Å². The lowest BCUT2D eigenvalue weighted by molar-refractivity contribution is -0.144. The van der Waals surface area contributed by atoms with Crippen LogP contribution in [-0.4, -0.2) is 82.1 Å². The lowest BCUT2D eigenvalue weighted by Crippen LogP contribution is -2.53. The average molecular weight is 389 g/mol. The number of benzene rings is 1. The third-order valence-corrected chi connectivity index (χ3v) is 5.67. The minimum absolute atomic E-state index is 0.00647. The summed E-state index contributed by atoms with van der Waals surface area (Å²) in [5, 5.41) is 2.97. The first-order valence-electron chi connectivity index (χ1n) is 10.1. The van der Waals surface area contributed by atoms with E-state index in [0.717, 1.165) is 37.5 Å². The van der Waals surface area contributed by atoms with Crippen LogP contribution in [0.5, 0.6) is 5.75 Å². The number of nitrogens with zero attached hydrogens (tertiary/aromatic N) is 3. The van der Waals surface area contributed by atoms with Gasteiger partial charge in [0, 0.05) is 38.4 Å². The summed E-state index contributed by atoms with van der Waals surface area (Å²) in [7, 11) is 5.68. The standard InChI is InChI=1S/C21H32N4O3/c1-23(2)12-4-11-22-19(26)21(9-10-21)20(27)25-15-13-24(14-16-25)17-5-7-18(28-3)8-6-17/h5-8H,4,9-16H2,1-3H3,(H,22,26). The summed E-state index contributed by atoms with van der Waals surface area (Å²) in [4.78, 5) is 31.8. The number of piperazine rings is 1. The number of methoxy groups -OCH3 is 1. The second-order valence-electron chi connectivity index (χ2n) is 7.97. The minimum atomic E-state index is -0.805. The van der Waals surface area contributed by atoms with Crippen LogP contribution in [0.15, 0.2) is 24.3 Å². The average Bonchev–Trinajstić information content (AvgIpc) is 3.53. The second kappa shape index (κ2) is 8.82. The van der Waals surface area contributed by atoms with Gasteiger partial charge in [-0.05, 0) is 64.2 Å². The number of amides is 2. The summed E-state index contributed by atoms with van der Waals surface area (Å²) >= 11 is 0. The molecule has 154 valence electrons. The van der Waals surface area contributed by atoms with E-state index in [0.29, 0.717) is 32.5 Å². The maximum absolute atomic E-state index is 13.0. The molecular weight excluding hydrogens is 356 g/mol. The lowest BCUT2D eigenvalue weighted by Gasteiger charge is -2.37. The number of carbonyl (C=O) groups is 2. The van der Waals surface area contributed by atoms with Gasteiger partial charge in [-0.1, -0.05) is 0 Å². The van der Waals surface area contributed by atoms with E-state index in [4.69, 9.17) is 4.74 Å². The van der Waals surface area contributed by atoms with Crippen molar-refractivity contribution in [3.63, 3.8) is 0 Å². The summed E-state index contributed by atoms with van der Waals surface area (Å²) in [5.74, 6) is 0.755. The van der Waals surface area contributed by atoms with Crippen LogP contribution in [0.3, 0.4) is 0 Å². The highest BCUT2D eigenvalue weighted by molar-refractivity contribution is 6.07.